The number of aryl methyl sites for hydroxylation is 1. The van der Waals surface area contributed by atoms with E-state index in [0.29, 0.717) is 5.69 Å². The molecule has 1 aliphatic rings. The summed E-state index contributed by atoms with van der Waals surface area (Å²) in [6.07, 6.45) is 2.13. The highest BCUT2D eigenvalue weighted by atomic mass is 32.2. The van der Waals surface area contributed by atoms with Gasteiger partial charge in [-0.05, 0) is 43.5 Å². The second-order valence-electron chi connectivity index (χ2n) is 4.37. The average Bonchev–Trinajstić information content (AvgIpc) is 2.29. The summed E-state index contributed by atoms with van der Waals surface area (Å²) < 4.78 is 25.5. The monoisotopic (exact) mass is 254 g/mol. The number of nitrogens with one attached hydrogen (secondary N) is 1. The molecule has 1 aromatic carbocycles. The highest BCUT2D eigenvalue weighted by Gasteiger charge is 2.15. The van der Waals surface area contributed by atoms with Crippen LogP contribution in [0, 0.1) is 0 Å². The molecule has 1 aliphatic heterocycles. The van der Waals surface area contributed by atoms with Crippen LogP contribution in [0.25, 0.3) is 0 Å². The lowest BCUT2D eigenvalue weighted by Gasteiger charge is -2.27. The van der Waals surface area contributed by atoms with Crippen molar-refractivity contribution in [3.05, 3.63) is 23.8 Å². The summed E-state index contributed by atoms with van der Waals surface area (Å²) >= 11 is 0. The fourth-order valence-corrected chi connectivity index (χ4v) is 2.73. The molecule has 17 heavy (non-hydrogen) atoms. The molecule has 0 unspecified atom stereocenters. The Balaban J connectivity index is 2.28. The third-order valence-electron chi connectivity index (χ3n) is 3.08. The van der Waals surface area contributed by atoms with E-state index in [1.165, 1.54) is 11.3 Å². The van der Waals surface area contributed by atoms with Crippen LogP contribution in [-0.2, 0) is 16.4 Å². The van der Waals surface area contributed by atoms with Gasteiger partial charge in [0.2, 0.25) is 10.0 Å². The zero-order valence-corrected chi connectivity index (χ0v) is 11.0. The van der Waals surface area contributed by atoms with Gasteiger partial charge in [0.05, 0.1) is 5.75 Å². The van der Waals surface area contributed by atoms with Crippen LogP contribution >= 0.6 is 0 Å². The first-order valence-electron chi connectivity index (χ1n) is 5.86. The van der Waals surface area contributed by atoms with Crippen molar-refractivity contribution >= 4 is 21.4 Å². The normalized spacial score (nSPS) is 15.5. The Bertz CT molecular complexity index is 511. The van der Waals surface area contributed by atoms with Gasteiger partial charge in [-0.3, -0.25) is 4.72 Å². The summed E-state index contributed by atoms with van der Waals surface area (Å²) in [5.41, 5.74) is 3.09. The molecule has 4 nitrogen and oxygen atoms in total. The van der Waals surface area contributed by atoms with Gasteiger partial charge < -0.3 is 4.90 Å². The molecular formula is C12H18N2O2S. The van der Waals surface area contributed by atoms with Gasteiger partial charge in [-0.2, -0.15) is 0 Å². The average molecular weight is 254 g/mol. The van der Waals surface area contributed by atoms with Crippen LogP contribution in [-0.4, -0.2) is 27.8 Å². The molecule has 0 spiro atoms. The minimum Gasteiger partial charge on any atom is -0.374 e. The Morgan fingerprint density at radius 1 is 1.41 bits per heavy atom. The molecule has 0 fully saturated rings. The summed E-state index contributed by atoms with van der Waals surface area (Å²) in [5, 5.41) is 0. The fourth-order valence-electron chi connectivity index (χ4n) is 2.10. The van der Waals surface area contributed by atoms with Gasteiger partial charge in [-0.15, -0.1) is 0 Å². The second kappa shape index (κ2) is 4.56. The molecule has 0 saturated heterocycles. The molecule has 0 radical (unpaired) electrons. The minimum atomic E-state index is -3.18. The lowest BCUT2D eigenvalue weighted by molar-refractivity contribution is 0.602. The Labute approximate surface area is 103 Å². The van der Waals surface area contributed by atoms with Crippen molar-refractivity contribution < 1.29 is 8.42 Å². The summed E-state index contributed by atoms with van der Waals surface area (Å²) in [7, 11) is -1.11. The molecule has 0 saturated carbocycles. The standard InChI is InChI=1S/C12H18N2O2S/c1-3-17(15,16)13-11-6-7-12-10(9-11)5-4-8-14(12)2/h6-7,9,13H,3-5,8H2,1-2H3. The number of anilines is 2. The highest BCUT2D eigenvalue weighted by Crippen LogP contribution is 2.28. The second-order valence-corrected chi connectivity index (χ2v) is 6.39. The van der Waals surface area contributed by atoms with Crippen LogP contribution in [0.2, 0.25) is 0 Å². The number of rotatable bonds is 3. The van der Waals surface area contributed by atoms with E-state index in [-0.39, 0.29) is 5.75 Å². The van der Waals surface area contributed by atoms with Gasteiger partial charge in [0, 0.05) is 25.0 Å². The number of fused-ring (bicyclic) bond motifs is 1. The lowest BCUT2D eigenvalue weighted by atomic mass is 10.0. The van der Waals surface area contributed by atoms with Gasteiger partial charge in [0.1, 0.15) is 0 Å². The van der Waals surface area contributed by atoms with E-state index >= 15 is 0 Å². The van der Waals surface area contributed by atoms with E-state index in [9.17, 15) is 8.42 Å². The maximum atomic E-state index is 11.5. The zero-order chi connectivity index (χ0) is 12.5. The first-order chi connectivity index (χ1) is 8.02. The first-order valence-corrected chi connectivity index (χ1v) is 7.51. The maximum Gasteiger partial charge on any atom is 0.232 e. The zero-order valence-electron chi connectivity index (χ0n) is 10.2. The molecule has 0 bridgehead atoms. The molecule has 94 valence electrons. The largest absolute Gasteiger partial charge is 0.374 e. The predicted octanol–water partition coefficient (Wildman–Crippen LogP) is 1.83. The number of benzene rings is 1. The van der Waals surface area contributed by atoms with Crippen LogP contribution in [0.4, 0.5) is 11.4 Å². The van der Waals surface area contributed by atoms with Gasteiger partial charge in [0.25, 0.3) is 0 Å². The first kappa shape index (κ1) is 12.2. The number of hydrogen-bond donors (Lipinski definition) is 1. The molecular weight excluding hydrogens is 236 g/mol. The summed E-state index contributed by atoms with van der Waals surface area (Å²) in [5.74, 6) is 0.101. The van der Waals surface area contributed by atoms with E-state index < -0.39 is 10.0 Å². The lowest BCUT2D eigenvalue weighted by Crippen LogP contribution is -2.24. The quantitative estimate of drug-likeness (QED) is 0.895. The van der Waals surface area contributed by atoms with Crippen LogP contribution in [0.1, 0.15) is 18.9 Å². The Morgan fingerprint density at radius 2 is 2.18 bits per heavy atom. The van der Waals surface area contributed by atoms with Gasteiger partial charge in [-0.1, -0.05) is 0 Å². The topological polar surface area (TPSA) is 49.4 Å². The smallest absolute Gasteiger partial charge is 0.232 e. The van der Waals surface area contributed by atoms with Gasteiger partial charge in [-0.25, -0.2) is 8.42 Å². The molecule has 1 aromatic rings. The molecule has 2 rings (SSSR count). The SMILES string of the molecule is CCS(=O)(=O)Nc1ccc2c(c1)CCCN2C. The fraction of sp³-hybridized carbons (Fsp3) is 0.500. The van der Waals surface area contributed by atoms with Gasteiger partial charge >= 0.3 is 0 Å². The van der Waals surface area contributed by atoms with Crippen LogP contribution < -0.4 is 9.62 Å². The Kier molecular flexibility index (Phi) is 3.28. The van der Waals surface area contributed by atoms with Gasteiger partial charge in [0.15, 0.2) is 0 Å². The Morgan fingerprint density at radius 3 is 2.88 bits per heavy atom. The van der Waals surface area contributed by atoms with Crippen LogP contribution in [0.5, 0.6) is 0 Å². The van der Waals surface area contributed by atoms with Crippen molar-refractivity contribution in [3.63, 3.8) is 0 Å². The number of sulfonamides is 1. The summed E-state index contributed by atoms with van der Waals surface area (Å²) in [4.78, 5) is 2.21. The number of hydrogen-bond acceptors (Lipinski definition) is 3. The Hall–Kier alpha value is -1.23. The third-order valence-corrected chi connectivity index (χ3v) is 4.39. The van der Waals surface area contributed by atoms with Crippen molar-refractivity contribution in [2.45, 2.75) is 19.8 Å². The van der Waals surface area contributed by atoms with E-state index in [0.717, 1.165) is 19.4 Å². The van der Waals surface area contributed by atoms with Crippen LogP contribution in [0.3, 0.4) is 0 Å². The van der Waals surface area contributed by atoms with Crippen molar-refractivity contribution in [2.24, 2.45) is 0 Å². The maximum absolute atomic E-state index is 11.5. The molecule has 5 heteroatoms. The van der Waals surface area contributed by atoms with Crippen molar-refractivity contribution in [2.75, 3.05) is 29.0 Å². The predicted molar refractivity (Wildman–Crippen MR) is 71.1 cm³/mol. The molecule has 0 atom stereocenters. The van der Waals surface area contributed by atoms with Crippen molar-refractivity contribution in [1.29, 1.82) is 0 Å². The molecule has 0 aliphatic carbocycles. The van der Waals surface area contributed by atoms with E-state index in [4.69, 9.17) is 0 Å². The van der Waals surface area contributed by atoms with E-state index in [1.54, 1.807) is 6.92 Å². The third kappa shape index (κ3) is 2.72. The van der Waals surface area contributed by atoms with Crippen molar-refractivity contribution in [1.82, 2.24) is 0 Å². The summed E-state index contributed by atoms with van der Waals surface area (Å²) in [6.45, 7) is 2.70. The van der Waals surface area contributed by atoms with Crippen LogP contribution in [0.15, 0.2) is 18.2 Å². The molecule has 0 aromatic heterocycles. The molecule has 1 heterocycles. The summed E-state index contributed by atoms with van der Waals surface area (Å²) in [6, 6.07) is 5.76. The molecule has 0 amide bonds. The molecule has 1 N–H and O–H groups in total. The van der Waals surface area contributed by atoms with Crippen molar-refractivity contribution in [3.8, 4) is 0 Å². The highest BCUT2D eigenvalue weighted by molar-refractivity contribution is 7.92. The number of nitrogens with zero attached hydrogens (tertiary/aromatic N) is 1. The van der Waals surface area contributed by atoms with E-state index in [1.807, 2.05) is 18.2 Å². The van der Waals surface area contributed by atoms with E-state index in [2.05, 4.69) is 16.7 Å². The minimum absolute atomic E-state index is 0.101.